The smallest absolute Gasteiger partial charge is 0.325 e. The Hall–Kier alpha value is -1.61. The molecule has 0 aliphatic carbocycles. The summed E-state index contributed by atoms with van der Waals surface area (Å²) in [5, 5.41) is 8.46. The molecule has 0 radical (unpaired) electrons. The van der Waals surface area contributed by atoms with Gasteiger partial charge in [0, 0.05) is 6.54 Å². The second-order valence-corrected chi connectivity index (χ2v) is 2.55. The Kier molecular flexibility index (Phi) is 2.72. The molecular formula is C8H6F3N3. The van der Waals surface area contributed by atoms with E-state index in [2.05, 4.69) is 4.98 Å². The lowest BCUT2D eigenvalue weighted by molar-refractivity contribution is -0.141. The van der Waals surface area contributed by atoms with Crippen molar-refractivity contribution >= 4 is 0 Å². The predicted molar refractivity (Wildman–Crippen MR) is 41.8 cm³/mol. The number of halogens is 3. The number of nitrogens with two attached hydrogens (primary N) is 1. The molecule has 3 nitrogen and oxygen atoms in total. The molecule has 6 heteroatoms. The Morgan fingerprint density at radius 1 is 1.43 bits per heavy atom. The molecule has 0 saturated heterocycles. The Morgan fingerprint density at radius 3 is 2.50 bits per heavy atom. The summed E-state index contributed by atoms with van der Waals surface area (Å²) < 4.78 is 36.6. The van der Waals surface area contributed by atoms with Crippen molar-refractivity contribution in [3.63, 3.8) is 0 Å². The van der Waals surface area contributed by atoms with Crippen LogP contribution in [0.15, 0.2) is 12.1 Å². The van der Waals surface area contributed by atoms with Crippen LogP contribution >= 0.6 is 0 Å². The molecule has 0 aliphatic rings. The van der Waals surface area contributed by atoms with E-state index in [1.807, 2.05) is 0 Å². The number of pyridine rings is 1. The quantitative estimate of drug-likeness (QED) is 0.747. The fourth-order valence-electron chi connectivity index (χ4n) is 0.902. The molecule has 0 atom stereocenters. The first-order valence-electron chi connectivity index (χ1n) is 3.65. The van der Waals surface area contributed by atoms with Crippen LogP contribution in [0, 0.1) is 11.3 Å². The number of nitriles is 1. The summed E-state index contributed by atoms with van der Waals surface area (Å²) in [5.41, 5.74) is 4.02. The molecule has 2 N–H and O–H groups in total. The van der Waals surface area contributed by atoms with Crippen LogP contribution in [-0.2, 0) is 12.7 Å². The molecule has 1 rings (SSSR count). The van der Waals surface area contributed by atoms with Gasteiger partial charge in [0.05, 0.1) is 17.3 Å². The van der Waals surface area contributed by atoms with Crippen molar-refractivity contribution in [3.8, 4) is 6.07 Å². The molecular weight excluding hydrogens is 195 g/mol. The molecule has 14 heavy (non-hydrogen) atoms. The minimum atomic E-state index is -4.54. The largest absolute Gasteiger partial charge is 0.433 e. The predicted octanol–water partition coefficient (Wildman–Crippen LogP) is 1.43. The molecule has 0 spiro atoms. The van der Waals surface area contributed by atoms with Crippen molar-refractivity contribution in [1.29, 1.82) is 5.26 Å². The summed E-state index contributed by atoms with van der Waals surface area (Å²) in [6, 6.07) is 3.54. The van der Waals surface area contributed by atoms with Crippen molar-refractivity contribution in [1.82, 2.24) is 4.98 Å². The molecule has 0 aromatic carbocycles. The third kappa shape index (κ3) is 2.20. The average Bonchev–Trinajstić information content (AvgIpc) is 2.15. The zero-order valence-corrected chi connectivity index (χ0v) is 6.97. The van der Waals surface area contributed by atoms with Crippen molar-refractivity contribution in [3.05, 3.63) is 29.1 Å². The van der Waals surface area contributed by atoms with Crippen LogP contribution in [-0.4, -0.2) is 4.98 Å². The van der Waals surface area contributed by atoms with Crippen LogP contribution in [0.1, 0.15) is 17.0 Å². The van der Waals surface area contributed by atoms with Crippen molar-refractivity contribution in [2.24, 2.45) is 5.73 Å². The van der Waals surface area contributed by atoms with E-state index in [4.69, 9.17) is 11.0 Å². The van der Waals surface area contributed by atoms with Gasteiger partial charge in [0.1, 0.15) is 5.69 Å². The van der Waals surface area contributed by atoms with Crippen LogP contribution in [0.5, 0.6) is 0 Å². The molecule has 0 amide bonds. The number of rotatable bonds is 1. The van der Waals surface area contributed by atoms with Gasteiger partial charge >= 0.3 is 6.18 Å². The van der Waals surface area contributed by atoms with E-state index < -0.39 is 11.9 Å². The van der Waals surface area contributed by atoms with E-state index in [9.17, 15) is 13.2 Å². The van der Waals surface area contributed by atoms with Crippen LogP contribution in [0.4, 0.5) is 13.2 Å². The average molecular weight is 201 g/mol. The SMILES string of the molecule is N#Cc1cc(CN)nc(C(F)(F)F)c1. The van der Waals surface area contributed by atoms with Gasteiger partial charge in [-0.25, -0.2) is 4.98 Å². The first-order chi connectivity index (χ1) is 6.47. The highest BCUT2D eigenvalue weighted by atomic mass is 19.4. The van der Waals surface area contributed by atoms with E-state index >= 15 is 0 Å². The zero-order chi connectivity index (χ0) is 10.8. The van der Waals surface area contributed by atoms with Gasteiger partial charge in [-0.2, -0.15) is 18.4 Å². The fourth-order valence-corrected chi connectivity index (χ4v) is 0.902. The Morgan fingerprint density at radius 2 is 2.07 bits per heavy atom. The summed E-state index contributed by atoms with van der Waals surface area (Å²) >= 11 is 0. The molecule has 0 unspecified atom stereocenters. The van der Waals surface area contributed by atoms with E-state index in [1.165, 1.54) is 6.07 Å². The molecule has 0 aliphatic heterocycles. The first-order valence-corrected chi connectivity index (χ1v) is 3.65. The molecule has 1 aromatic heterocycles. The minimum absolute atomic E-state index is 0.0522. The Bertz CT molecular complexity index is 378. The summed E-state index contributed by atoms with van der Waals surface area (Å²) in [5.74, 6) is 0. The van der Waals surface area contributed by atoms with Crippen LogP contribution in [0.2, 0.25) is 0 Å². The second kappa shape index (κ2) is 3.64. The van der Waals surface area contributed by atoms with Gasteiger partial charge < -0.3 is 5.73 Å². The number of aromatic nitrogens is 1. The molecule has 1 aromatic rings. The molecule has 1 heterocycles. The van der Waals surface area contributed by atoms with Crippen LogP contribution in [0.25, 0.3) is 0 Å². The van der Waals surface area contributed by atoms with Gasteiger partial charge in [-0.1, -0.05) is 0 Å². The standard InChI is InChI=1S/C8H6F3N3/c9-8(10,11)7-2-5(3-12)1-6(4-13)14-7/h1-2H,4,13H2. The molecule has 74 valence electrons. The van der Waals surface area contributed by atoms with Crippen molar-refractivity contribution in [2.45, 2.75) is 12.7 Å². The molecule has 0 bridgehead atoms. The minimum Gasteiger partial charge on any atom is -0.325 e. The molecule has 0 fully saturated rings. The third-order valence-corrected chi connectivity index (χ3v) is 1.51. The maximum atomic E-state index is 12.2. The highest BCUT2D eigenvalue weighted by Crippen LogP contribution is 2.28. The van der Waals surface area contributed by atoms with Gasteiger partial charge in [0.25, 0.3) is 0 Å². The van der Waals surface area contributed by atoms with Gasteiger partial charge in [0.15, 0.2) is 0 Å². The van der Waals surface area contributed by atoms with Gasteiger partial charge in [0.2, 0.25) is 0 Å². The van der Waals surface area contributed by atoms with E-state index in [0.717, 1.165) is 0 Å². The van der Waals surface area contributed by atoms with Gasteiger partial charge in [-0.15, -0.1) is 0 Å². The zero-order valence-electron chi connectivity index (χ0n) is 6.97. The highest BCUT2D eigenvalue weighted by Gasteiger charge is 2.33. The fraction of sp³-hybridized carbons (Fsp3) is 0.250. The normalized spacial score (nSPS) is 11.1. The third-order valence-electron chi connectivity index (χ3n) is 1.51. The van der Waals surface area contributed by atoms with Crippen molar-refractivity contribution in [2.75, 3.05) is 0 Å². The summed E-state index contributed by atoms with van der Waals surface area (Å²) in [4.78, 5) is 3.27. The first kappa shape index (κ1) is 10.5. The lowest BCUT2D eigenvalue weighted by atomic mass is 10.2. The summed E-state index contributed by atoms with van der Waals surface area (Å²) in [6.07, 6.45) is -4.54. The maximum absolute atomic E-state index is 12.2. The van der Waals surface area contributed by atoms with E-state index in [0.29, 0.717) is 6.07 Å². The number of hydrogen-bond donors (Lipinski definition) is 1. The topological polar surface area (TPSA) is 62.7 Å². The highest BCUT2D eigenvalue weighted by molar-refractivity contribution is 5.32. The lowest BCUT2D eigenvalue weighted by Gasteiger charge is -2.07. The number of nitrogens with zero attached hydrogens (tertiary/aromatic N) is 2. The second-order valence-electron chi connectivity index (χ2n) is 2.55. The van der Waals surface area contributed by atoms with Crippen molar-refractivity contribution < 1.29 is 13.2 Å². The van der Waals surface area contributed by atoms with E-state index in [1.54, 1.807) is 6.07 Å². The maximum Gasteiger partial charge on any atom is 0.433 e. The lowest BCUT2D eigenvalue weighted by Crippen LogP contribution is -2.11. The van der Waals surface area contributed by atoms with Gasteiger partial charge in [-0.3, -0.25) is 0 Å². The summed E-state index contributed by atoms with van der Waals surface area (Å²) in [7, 11) is 0. The Labute approximate surface area is 78.0 Å². The van der Waals surface area contributed by atoms with Crippen LogP contribution in [0.3, 0.4) is 0 Å². The van der Waals surface area contributed by atoms with Gasteiger partial charge in [-0.05, 0) is 12.1 Å². The molecule has 0 saturated carbocycles. The Balaban J connectivity index is 3.26. The monoisotopic (exact) mass is 201 g/mol. The number of hydrogen-bond acceptors (Lipinski definition) is 3. The number of alkyl halides is 3. The van der Waals surface area contributed by atoms with Crippen LogP contribution < -0.4 is 5.73 Å². The van der Waals surface area contributed by atoms with E-state index in [-0.39, 0.29) is 17.8 Å². The summed E-state index contributed by atoms with van der Waals surface area (Å²) in [6.45, 7) is -0.126.